The zero-order valence-electron chi connectivity index (χ0n) is 9.49. The first-order valence-electron chi connectivity index (χ1n) is 5.18. The van der Waals surface area contributed by atoms with E-state index >= 15 is 0 Å². The monoisotopic (exact) mass is 226 g/mol. The smallest absolute Gasteiger partial charge is 0.150 e. The van der Waals surface area contributed by atoms with Gasteiger partial charge in [0.1, 0.15) is 5.78 Å². The molecule has 3 nitrogen and oxygen atoms in total. The minimum absolute atomic E-state index is 0.149. The Morgan fingerprint density at radius 3 is 2.73 bits per heavy atom. The van der Waals surface area contributed by atoms with Gasteiger partial charge in [-0.2, -0.15) is 0 Å². The third-order valence-corrected chi connectivity index (χ3v) is 3.05. The van der Waals surface area contributed by atoms with Gasteiger partial charge in [-0.1, -0.05) is 13.8 Å². The third kappa shape index (κ3) is 4.10. The third-order valence-electron chi connectivity index (χ3n) is 2.11. The topological polar surface area (TPSA) is 56.0 Å². The fourth-order valence-electron chi connectivity index (χ4n) is 1.38. The van der Waals surface area contributed by atoms with Gasteiger partial charge in [0, 0.05) is 23.9 Å². The molecule has 4 heteroatoms. The molecule has 0 aliphatic heterocycles. The Labute approximate surface area is 94.7 Å². The standard InChI is InChI=1S/C11H18N2OS/c1-7(2)4-11(14)10(12)5-9-6-13-8(3)15-9/h6-7,10H,4-5,12H2,1-3H3. The lowest BCUT2D eigenvalue weighted by Crippen LogP contribution is -2.33. The van der Waals surface area contributed by atoms with Gasteiger partial charge < -0.3 is 5.73 Å². The summed E-state index contributed by atoms with van der Waals surface area (Å²) >= 11 is 1.61. The van der Waals surface area contributed by atoms with E-state index in [2.05, 4.69) is 4.98 Å². The molecular formula is C11H18N2OS. The molecule has 1 rings (SSSR count). The average Bonchev–Trinajstić information content (AvgIpc) is 2.50. The van der Waals surface area contributed by atoms with Crippen molar-refractivity contribution in [1.29, 1.82) is 0 Å². The van der Waals surface area contributed by atoms with E-state index in [-0.39, 0.29) is 11.8 Å². The number of nitrogens with zero attached hydrogens (tertiary/aromatic N) is 1. The predicted molar refractivity (Wildman–Crippen MR) is 63.0 cm³/mol. The number of aromatic nitrogens is 1. The second-order valence-corrected chi connectivity index (χ2v) is 5.54. The van der Waals surface area contributed by atoms with Crippen molar-refractivity contribution in [3.8, 4) is 0 Å². The first kappa shape index (κ1) is 12.3. The molecule has 0 aliphatic rings. The molecule has 0 saturated carbocycles. The van der Waals surface area contributed by atoms with E-state index in [9.17, 15) is 4.79 Å². The Morgan fingerprint density at radius 1 is 1.60 bits per heavy atom. The summed E-state index contributed by atoms with van der Waals surface area (Å²) in [6, 6.07) is -0.368. The largest absolute Gasteiger partial charge is 0.321 e. The second-order valence-electron chi connectivity index (χ2n) is 4.22. The SMILES string of the molecule is Cc1ncc(CC(N)C(=O)CC(C)C)s1. The predicted octanol–water partition coefficient (Wildman–Crippen LogP) is 1.94. The molecule has 1 heterocycles. The lowest BCUT2D eigenvalue weighted by molar-refractivity contribution is -0.120. The van der Waals surface area contributed by atoms with Crippen molar-refractivity contribution in [2.75, 3.05) is 0 Å². The van der Waals surface area contributed by atoms with Crippen LogP contribution in [-0.2, 0) is 11.2 Å². The highest BCUT2D eigenvalue weighted by molar-refractivity contribution is 7.11. The number of hydrogen-bond acceptors (Lipinski definition) is 4. The van der Waals surface area contributed by atoms with Gasteiger partial charge in [0.15, 0.2) is 0 Å². The fourth-order valence-corrected chi connectivity index (χ4v) is 2.24. The van der Waals surface area contributed by atoms with Crippen molar-refractivity contribution < 1.29 is 4.79 Å². The summed E-state index contributed by atoms with van der Waals surface area (Å²) in [6.45, 7) is 6.01. The Hall–Kier alpha value is -0.740. The maximum atomic E-state index is 11.6. The van der Waals surface area contributed by atoms with Gasteiger partial charge in [-0.3, -0.25) is 4.79 Å². The summed E-state index contributed by atoms with van der Waals surface area (Å²) in [5.41, 5.74) is 5.84. The van der Waals surface area contributed by atoms with E-state index in [0.717, 1.165) is 9.88 Å². The minimum Gasteiger partial charge on any atom is -0.321 e. The van der Waals surface area contributed by atoms with Crippen LogP contribution >= 0.6 is 11.3 Å². The molecule has 1 unspecified atom stereocenters. The van der Waals surface area contributed by atoms with E-state index in [1.54, 1.807) is 11.3 Å². The van der Waals surface area contributed by atoms with Crippen molar-refractivity contribution in [3.05, 3.63) is 16.1 Å². The number of ketones is 1. The second kappa shape index (κ2) is 5.37. The summed E-state index contributed by atoms with van der Waals surface area (Å²) < 4.78 is 0. The van der Waals surface area contributed by atoms with Crippen LogP contribution in [0.3, 0.4) is 0 Å². The Morgan fingerprint density at radius 2 is 2.27 bits per heavy atom. The average molecular weight is 226 g/mol. The van der Waals surface area contributed by atoms with Gasteiger partial charge in [0.25, 0.3) is 0 Å². The number of thiazole rings is 1. The molecule has 0 bridgehead atoms. The normalized spacial score (nSPS) is 13.1. The number of Topliss-reactive ketones (excluding diaryl/α,β-unsaturated/α-hetero) is 1. The van der Waals surface area contributed by atoms with Crippen molar-refractivity contribution >= 4 is 17.1 Å². The molecule has 2 N–H and O–H groups in total. The summed E-state index contributed by atoms with van der Waals surface area (Å²) in [6.07, 6.45) is 3.00. The summed E-state index contributed by atoms with van der Waals surface area (Å²) in [5, 5.41) is 1.02. The van der Waals surface area contributed by atoms with E-state index in [4.69, 9.17) is 5.73 Å². The zero-order chi connectivity index (χ0) is 11.4. The van der Waals surface area contributed by atoms with Crippen LogP contribution in [0.2, 0.25) is 0 Å². The van der Waals surface area contributed by atoms with Crippen LogP contribution in [0.15, 0.2) is 6.20 Å². The summed E-state index contributed by atoms with van der Waals surface area (Å²) in [4.78, 5) is 16.9. The number of carbonyl (C=O) groups excluding carboxylic acids is 1. The van der Waals surface area contributed by atoms with E-state index in [1.807, 2.05) is 27.0 Å². The van der Waals surface area contributed by atoms with Crippen molar-refractivity contribution in [1.82, 2.24) is 4.98 Å². The summed E-state index contributed by atoms with van der Waals surface area (Å²) in [7, 11) is 0. The maximum Gasteiger partial charge on any atom is 0.150 e. The van der Waals surface area contributed by atoms with Crippen molar-refractivity contribution in [2.45, 2.75) is 39.7 Å². The quantitative estimate of drug-likeness (QED) is 0.834. The van der Waals surface area contributed by atoms with Gasteiger partial charge in [-0.15, -0.1) is 11.3 Å². The van der Waals surface area contributed by atoms with Crippen molar-refractivity contribution in [3.63, 3.8) is 0 Å². The van der Waals surface area contributed by atoms with Gasteiger partial charge in [0.05, 0.1) is 11.0 Å². The maximum absolute atomic E-state index is 11.6. The number of carbonyl (C=O) groups is 1. The molecule has 0 aliphatic carbocycles. The molecule has 0 aromatic carbocycles. The molecule has 1 aromatic rings. The van der Waals surface area contributed by atoms with Crippen molar-refractivity contribution in [2.24, 2.45) is 11.7 Å². The lowest BCUT2D eigenvalue weighted by Gasteiger charge is -2.10. The van der Waals surface area contributed by atoms with Crippen LogP contribution in [-0.4, -0.2) is 16.8 Å². The van der Waals surface area contributed by atoms with E-state index in [0.29, 0.717) is 18.8 Å². The minimum atomic E-state index is -0.368. The molecule has 0 fully saturated rings. The molecule has 0 radical (unpaired) electrons. The Bertz CT molecular complexity index is 333. The molecule has 0 amide bonds. The zero-order valence-corrected chi connectivity index (χ0v) is 10.3. The summed E-state index contributed by atoms with van der Waals surface area (Å²) in [5.74, 6) is 0.530. The van der Waals surface area contributed by atoms with Crippen LogP contribution in [0.4, 0.5) is 0 Å². The van der Waals surface area contributed by atoms with Crippen LogP contribution in [0, 0.1) is 12.8 Å². The number of rotatable bonds is 5. The Kier molecular flexibility index (Phi) is 4.42. The van der Waals surface area contributed by atoms with Crippen LogP contribution in [0.5, 0.6) is 0 Å². The van der Waals surface area contributed by atoms with Crippen LogP contribution in [0.25, 0.3) is 0 Å². The molecule has 1 atom stereocenters. The highest BCUT2D eigenvalue weighted by atomic mass is 32.1. The van der Waals surface area contributed by atoms with Crippen LogP contribution in [0.1, 0.15) is 30.2 Å². The highest BCUT2D eigenvalue weighted by Crippen LogP contribution is 2.14. The molecular weight excluding hydrogens is 208 g/mol. The van der Waals surface area contributed by atoms with Gasteiger partial charge in [0.2, 0.25) is 0 Å². The molecule has 84 valence electrons. The van der Waals surface area contributed by atoms with Gasteiger partial charge in [-0.25, -0.2) is 4.98 Å². The number of hydrogen-bond donors (Lipinski definition) is 1. The van der Waals surface area contributed by atoms with Crippen LogP contribution < -0.4 is 5.73 Å². The fraction of sp³-hybridized carbons (Fsp3) is 0.636. The molecule has 15 heavy (non-hydrogen) atoms. The lowest BCUT2D eigenvalue weighted by atomic mass is 10.0. The number of aryl methyl sites for hydroxylation is 1. The Balaban J connectivity index is 2.48. The van der Waals surface area contributed by atoms with E-state index < -0.39 is 0 Å². The van der Waals surface area contributed by atoms with Gasteiger partial charge >= 0.3 is 0 Å². The number of nitrogens with two attached hydrogens (primary N) is 1. The highest BCUT2D eigenvalue weighted by Gasteiger charge is 2.16. The molecule has 1 aromatic heterocycles. The van der Waals surface area contributed by atoms with E-state index in [1.165, 1.54) is 0 Å². The molecule has 0 saturated heterocycles. The van der Waals surface area contributed by atoms with Gasteiger partial charge in [-0.05, 0) is 12.8 Å². The molecule has 0 spiro atoms. The first-order valence-corrected chi connectivity index (χ1v) is 6.00. The first-order chi connectivity index (χ1) is 6.99.